The van der Waals surface area contributed by atoms with Crippen LogP contribution in [0, 0.1) is 5.92 Å². The number of ether oxygens (including phenoxy) is 1. The molecule has 2 heterocycles. The Bertz CT molecular complexity index is 882. The highest BCUT2D eigenvalue weighted by atomic mass is 32.1. The van der Waals surface area contributed by atoms with Crippen molar-refractivity contribution in [1.82, 2.24) is 10.2 Å². The maximum absolute atomic E-state index is 13.7. The van der Waals surface area contributed by atoms with Gasteiger partial charge < -0.3 is 15.0 Å². The number of carbonyl (C=O) groups excluding carboxylic acids is 2. The van der Waals surface area contributed by atoms with Gasteiger partial charge in [0, 0.05) is 30.1 Å². The number of carbonyl (C=O) groups is 2. The molecule has 4 rings (SSSR count). The van der Waals surface area contributed by atoms with Gasteiger partial charge in [0.15, 0.2) is 0 Å². The first-order valence-corrected chi connectivity index (χ1v) is 11.7. The van der Waals surface area contributed by atoms with Gasteiger partial charge in [-0.15, -0.1) is 11.3 Å². The topological polar surface area (TPSA) is 58.6 Å². The molecule has 30 heavy (non-hydrogen) atoms. The second kappa shape index (κ2) is 9.31. The zero-order valence-corrected chi connectivity index (χ0v) is 18.5. The largest absolute Gasteiger partial charge is 0.383 e. The fourth-order valence-electron chi connectivity index (χ4n) is 4.89. The minimum atomic E-state index is -0.427. The van der Waals surface area contributed by atoms with E-state index >= 15 is 0 Å². The normalized spacial score (nSPS) is 26.3. The summed E-state index contributed by atoms with van der Waals surface area (Å²) in [6.45, 7) is 3.11. The molecule has 1 N–H and O–H groups in total. The zero-order chi connectivity index (χ0) is 21.1. The lowest BCUT2D eigenvalue weighted by atomic mass is 9.80. The molecule has 0 saturated heterocycles. The van der Waals surface area contributed by atoms with Gasteiger partial charge in [0.2, 0.25) is 5.91 Å². The molecular formula is C24H30N2O3S. The predicted octanol–water partition coefficient (Wildman–Crippen LogP) is 4.37. The summed E-state index contributed by atoms with van der Waals surface area (Å²) in [6, 6.07) is 11.5. The van der Waals surface area contributed by atoms with Crippen LogP contribution in [0.15, 0.2) is 41.8 Å². The molecule has 4 atom stereocenters. The van der Waals surface area contributed by atoms with Crippen LogP contribution in [-0.4, -0.2) is 43.0 Å². The van der Waals surface area contributed by atoms with Gasteiger partial charge >= 0.3 is 0 Å². The molecule has 1 aromatic heterocycles. The average Bonchev–Trinajstić information content (AvgIpc) is 3.29. The van der Waals surface area contributed by atoms with Gasteiger partial charge in [0.05, 0.1) is 18.6 Å². The van der Waals surface area contributed by atoms with Crippen molar-refractivity contribution >= 4 is 23.2 Å². The second-order valence-corrected chi connectivity index (χ2v) is 9.37. The number of nitrogens with zero attached hydrogens (tertiary/aromatic N) is 1. The van der Waals surface area contributed by atoms with E-state index in [0.29, 0.717) is 24.6 Å². The molecule has 1 aromatic carbocycles. The fourth-order valence-corrected chi connectivity index (χ4v) is 5.76. The Morgan fingerprint density at radius 2 is 2.00 bits per heavy atom. The Hall–Kier alpha value is -2.18. The minimum Gasteiger partial charge on any atom is -0.383 e. The quantitative estimate of drug-likeness (QED) is 0.746. The Balaban J connectivity index is 1.74. The third kappa shape index (κ3) is 4.03. The Morgan fingerprint density at radius 3 is 2.73 bits per heavy atom. The van der Waals surface area contributed by atoms with Crippen molar-refractivity contribution in [3.05, 3.63) is 57.8 Å². The number of hydrogen-bond donors (Lipinski definition) is 1. The smallest absolute Gasteiger partial charge is 0.254 e. The van der Waals surface area contributed by atoms with E-state index in [1.165, 1.54) is 6.42 Å². The standard InChI is InChI=1S/C24H30N2O3S/c1-16-8-3-6-11-19(16)25-23(27)21-17-9-4-5-10-18(17)24(28)26(13-14-29-2)22(21)20-12-7-15-30-20/h4-5,7,9-10,12,15-16,19,21-22H,3,6,8,11,13-14H2,1-2H3,(H,25,27)/t16-,19+,21-,22-/m0/s1. The summed E-state index contributed by atoms with van der Waals surface area (Å²) < 4.78 is 5.29. The van der Waals surface area contributed by atoms with E-state index < -0.39 is 5.92 Å². The lowest BCUT2D eigenvalue weighted by molar-refractivity contribution is -0.125. The van der Waals surface area contributed by atoms with Crippen LogP contribution in [0.2, 0.25) is 0 Å². The number of amides is 2. The van der Waals surface area contributed by atoms with Gasteiger partial charge in [-0.25, -0.2) is 0 Å². The summed E-state index contributed by atoms with van der Waals surface area (Å²) in [7, 11) is 1.64. The van der Waals surface area contributed by atoms with Crippen LogP contribution >= 0.6 is 11.3 Å². The van der Waals surface area contributed by atoms with Gasteiger partial charge in [-0.2, -0.15) is 0 Å². The molecule has 1 aliphatic carbocycles. The maximum Gasteiger partial charge on any atom is 0.254 e. The number of methoxy groups -OCH3 is 1. The first-order chi connectivity index (χ1) is 14.6. The van der Waals surface area contributed by atoms with Crippen molar-refractivity contribution in [1.29, 1.82) is 0 Å². The van der Waals surface area contributed by atoms with E-state index in [9.17, 15) is 9.59 Å². The molecule has 160 valence electrons. The highest BCUT2D eigenvalue weighted by Crippen LogP contribution is 2.44. The predicted molar refractivity (Wildman–Crippen MR) is 119 cm³/mol. The first kappa shape index (κ1) is 21.1. The molecule has 1 fully saturated rings. The summed E-state index contributed by atoms with van der Waals surface area (Å²) >= 11 is 1.60. The van der Waals surface area contributed by atoms with Gasteiger partial charge in [-0.05, 0) is 41.8 Å². The maximum atomic E-state index is 13.7. The lowest BCUT2D eigenvalue weighted by Crippen LogP contribution is -2.50. The first-order valence-electron chi connectivity index (χ1n) is 10.8. The number of rotatable bonds is 6. The van der Waals surface area contributed by atoms with Gasteiger partial charge in [0.25, 0.3) is 5.91 Å². The fraction of sp³-hybridized carbons (Fsp3) is 0.500. The van der Waals surface area contributed by atoms with E-state index in [-0.39, 0.29) is 23.9 Å². The van der Waals surface area contributed by atoms with Gasteiger partial charge in [0.1, 0.15) is 0 Å². The van der Waals surface area contributed by atoms with E-state index in [1.54, 1.807) is 18.4 Å². The van der Waals surface area contributed by atoms with Crippen LogP contribution in [0.4, 0.5) is 0 Å². The van der Waals surface area contributed by atoms with Crippen LogP contribution < -0.4 is 5.32 Å². The Kier molecular flexibility index (Phi) is 6.54. The lowest BCUT2D eigenvalue weighted by Gasteiger charge is -2.42. The number of nitrogens with one attached hydrogen (secondary N) is 1. The van der Waals surface area contributed by atoms with Gasteiger partial charge in [-0.3, -0.25) is 9.59 Å². The van der Waals surface area contributed by atoms with Gasteiger partial charge in [-0.1, -0.05) is 44.0 Å². The van der Waals surface area contributed by atoms with Crippen molar-refractivity contribution in [2.45, 2.75) is 50.6 Å². The minimum absolute atomic E-state index is 0.0227. The number of thiophene rings is 1. The average molecular weight is 427 g/mol. The van der Waals surface area contributed by atoms with Crippen LogP contribution in [0.5, 0.6) is 0 Å². The van der Waals surface area contributed by atoms with E-state index in [0.717, 1.165) is 29.7 Å². The second-order valence-electron chi connectivity index (χ2n) is 8.39. The van der Waals surface area contributed by atoms with Crippen LogP contribution in [0.25, 0.3) is 0 Å². The Morgan fingerprint density at radius 1 is 1.20 bits per heavy atom. The van der Waals surface area contributed by atoms with Crippen molar-refractivity contribution in [2.75, 3.05) is 20.3 Å². The molecule has 0 bridgehead atoms. The molecule has 1 aliphatic heterocycles. The zero-order valence-electron chi connectivity index (χ0n) is 17.7. The molecule has 2 amide bonds. The molecule has 0 radical (unpaired) electrons. The van der Waals surface area contributed by atoms with Crippen molar-refractivity contribution < 1.29 is 14.3 Å². The van der Waals surface area contributed by atoms with Crippen LogP contribution in [-0.2, 0) is 9.53 Å². The number of benzene rings is 1. The third-order valence-electron chi connectivity index (χ3n) is 6.53. The SMILES string of the molecule is COCCN1C(=O)c2ccccc2[C@H](C(=O)N[C@@H]2CCCC[C@@H]2C)[C@@H]1c1cccs1. The van der Waals surface area contributed by atoms with Crippen molar-refractivity contribution in [2.24, 2.45) is 5.92 Å². The van der Waals surface area contributed by atoms with Crippen LogP contribution in [0.3, 0.4) is 0 Å². The monoisotopic (exact) mass is 426 g/mol. The summed E-state index contributed by atoms with van der Waals surface area (Å²) in [5.41, 5.74) is 1.45. The summed E-state index contributed by atoms with van der Waals surface area (Å²) in [5, 5.41) is 5.37. The summed E-state index contributed by atoms with van der Waals surface area (Å²) in [5.74, 6) is 0.0436. The molecule has 5 nitrogen and oxygen atoms in total. The summed E-state index contributed by atoms with van der Waals surface area (Å²) in [6.07, 6.45) is 4.57. The molecule has 6 heteroatoms. The molecule has 2 aliphatic rings. The molecular weight excluding hydrogens is 396 g/mol. The number of hydrogen-bond acceptors (Lipinski definition) is 4. The highest BCUT2D eigenvalue weighted by molar-refractivity contribution is 7.10. The molecule has 0 unspecified atom stereocenters. The Labute approximate surface area is 182 Å². The highest BCUT2D eigenvalue weighted by Gasteiger charge is 2.45. The van der Waals surface area contributed by atoms with Crippen molar-refractivity contribution in [3.63, 3.8) is 0 Å². The molecule has 2 aromatic rings. The van der Waals surface area contributed by atoms with E-state index in [2.05, 4.69) is 12.2 Å². The molecule has 1 saturated carbocycles. The van der Waals surface area contributed by atoms with E-state index in [1.807, 2.05) is 46.7 Å². The third-order valence-corrected chi connectivity index (χ3v) is 7.47. The van der Waals surface area contributed by atoms with Crippen LogP contribution in [0.1, 0.15) is 65.4 Å². The van der Waals surface area contributed by atoms with Crippen molar-refractivity contribution in [3.8, 4) is 0 Å². The summed E-state index contributed by atoms with van der Waals surface area (Å²) in [4.78, 5) is 30.0. The molecule has 0 spiro atoms. The van der Waals surface area contributed by atoms with E-state index in [4.69, 9.17) is 4.74 Å². The number of fused-ring (bicyclic) bond motifs is 1.